The number of nitrogen functional groups attached to an aromatic ring is 1. The molecule has 3 aromatic heterocycles. The van der Waals surface area contributed by atoms with Gasteiger partial charge in [0.2, 0.25) is 5.88 Å². The van der Waals surface area contributed by atoms with Gasteiger partial charge in [-0.05, 0) is 29.4 Å². The van der Waals surface area contributed by atoms with Crippen LogP contribution in [0.15, 0.2) is 41.2 Å². The second-order valence-electron chi connectivity index (χ2n) is 5.29. The second-order valence-corrected chi connectivity index (χ2v) is 5.29. The molecule has 3 N–H and O–H groups in total. The van der Waals surface area contributed by atoms with E-state index in [1.54, 1.807) is 30.5 Å². The number of hydrogen-bond donors (Lipinski definition) is 2. The number of phenols is 1. The van der Waals surface area contributed by atoms with E-state index in [1.807, 2.05) is 11.5 Å². The topological polar surface area (TPSA) is 125 Å². The summed E-state index contributed by atoms with van der Waals surface area (Å²) in [5.74, 6) is 1.71. The summed E-state index contributed by atoms with van der Waals surface area (Å²) < 4.78 is 12.3. The molecule has 0 aliphatic rings. The van der Waals surface area contributed by atoms with Crippen molar-refractivity contribution in [3.05, 3.63) is 36.5 Å². The van der Waals surface area contributed by atoms with Crippen LogP contribution in [-0.4, -0.2) is 30.0 Å². The van der Waals surface area contributed by atoms with Crippen molar-refractivity contribution in [1.29, 1.82) is 0 Å². The number of aromatic hydroxyl groups is 1. The highest BCUT2D eigenvalue weighted by atomic mass is 16.6. The van der Waals surface area contributed by atoms with Gasteiger partial charge in [0, 0.05) is 18.7 Å². The molecule has 0 saturated heterocycles. The van der Waals surface area contributed by atoms with Crippen LogP contribution < -0.4 is 10.5 Å². The first-order valence-corrected chi connectivity index (χ1v) is 7.57. The predicted octanol–water partition coefficient (Wildman–Crippen LogP) is 2.58. The number of benzene rings is 1. The highest BCUT2D eigenvalue weighted by Crippen LogP contribution is 2.29. The molecular weight excluding hydrogens is 324 g/mol. The summed E-state index contributed by atoms with van der Waals surface area (Å²) in [5.41, 5.74) is 7.64. The Morgan fingerprint density at radius 3 is 2.88 bits per heavy atom. The zero-order valence-electron chi connectivity index (χ0n) is 13.2. The van der Waals surface area contributed by atoms with Gasteiger partial charge in [0.05, 0.1) is 11.7 Å². The molecule has 0 amide bonds. The van der Waals surface area contributed by atoms with Gasteiger partial charge >= 0.3 is 0 Å². The summed E-state index contributed by atoms with van der Waals surface area (Å²) >= 11 is 0. The zero-order chi connectivity index (χ0) is 17.4. The Kier molecular flexibility index (Phi) is 3.46. The van der Waals surface area contributed by atoms with Crippen molar-refractivity contribution >= 4 is 16.9 Å². The molecular formula is C16H14N6O3. The maximum atomic E-state index is 9.53. The molecule has 9 nitrogen and oxygen atoms in total. The minimum Gasteiger partial charge on any atom is -0.508 e. The fourth-order valence-corrected chi connectivity index (χ4v) is 2.58. The highest BCUT2D eigenvalue weighted by Gasteiger charge is 2.19. The van der Waals surface area contributed by atoms with E-state index in [-0.39, 0.29) is 11.6 Å². The standard InChI is InChI=1S/C16H14N6O3/c1-2-22-12-7-13(24-10-5-3-4-9(23)6-10)18-8-11(12)19-16(22)14-15(17)21-25-20-14/h3-8,23H,2H2,1H3,(H2,17,21). The first kappa shape index (κ1) is 14.9. The van der Waals surface area contributed by atoms with Gasteiger partial charge in [0.1, 0.15) is 17.0 Å². The van der Waals surface area contributed by atoms with Crippen LogP contribution in [0.4, 0.5) is 5.82 Å². The Morgan fingerprint density at radius 1 is 1.28 bits per heavy atom. The number of phenolic OH excluding ortho intramolecular Hbond substituents is 1. The third-order valence-corrected chi connectivity index (χ3v) is 3.69. The van der Waals surface area contributed by atoms with Crippen molar-refractivity contribution < 1.29 is 14.5 Å². The Morgan fingerprint density at radius 2 is 2.16 bits per heavy atom. The third kappa shape index (κ3) is 2.61. The van der Waals surface area contributed by atoms with Gasteiger partial charge < -0.3 is 20.1 Å². The predicted molar refractivity (Wildman–Crippen MR) is 89.1 cm³/mol. The van der Waals surface area contributed by atoms with Gasteiger partial charge in [-0.2, -0.15) is 0 Å². The lowest BCUT2D eigenvalue weighted by molar-refractivity contribution is 0.310. The maximum absolute atomic E-state index is 9.53. The number of nitrogens with zero attached hydrogens (tertiary/aromatic N) is 5. The van der Waals surface area contributed by atoms with Gasteiger partial charge in [0.15, 0.2) is 17.3 Å². The molecule has 0 atom stereocenters. The Hall–Kier alpha value is -3.62. The molecule has 0 spiro atoms. The van der Waals surface area contributed by atoms with Crippen molar-refractivity contribution in [2.75, 3.05) is 5.73 Å². The first-order valence-electron chi connectivity index (χ1n) is 7.57. The minimum absolute atomic E-state index is 0.119. The molecule has 0 radical (unpaired) electrons. The molecule has 0 fully saturated rings. The zero-order valence-corrected chi connectivity index (χ0v) is 13.2. The fourth-order valence-electron chi connectivity index (χ4n) is 2.58. The molecule has 3 heterocycles. The lowest BCUT2D eigenvalue weighted by atomic mass is 10.3. The smallest absolute Gasteiger partial charge is 0.221 e. The quantitative estimate of drug-likeness (QED) is 0.581. The fraction of sp³-hybridized carbons (Fsp3) is 0.125. The summed E-state index contributed by atoms with van der Waals surface area (Å²) in [6.45, 7) is 2.61. The lowest BCUT2D eigenvalue weighted by Crippen LogP contribution is -2.00. The van der Waals surface area contributed by atoms with Gasteiger partial charge in [0.25, 0.3) is 0 Å². The van der Waals surface area contributed by atoms with Crippen molar-refractivity contribution in [3.8, 4) is 28.9 Å². The van der Waals surface area contributed by atoms with Gasteiger partial charge in [-0.25, -0.2) is 14.6 Å². The van der Waals surface area contributed by atoms with Crippen LogP contribution in [-0.2, 0) is 6.54 Å². The van der Waals surface area contributed by atoms with E-state index >= 15 is 0 Å². The summed E-state index contributed by atoms with van der Waals surface area (Å²) in [5, 5.41) is 16.9. The SMILES string of the molecule is CCn1c(-c2nonc2N)nc2cnc(Oc3cccc(O)c3)cc21. The first-order chi connectivity index (χ1) is 12.2. The number of aryl methyl sites for hydroxylation is 1. The largest absolute Gasteiger partial charge is 0.508 e. The number of nitrogens with two attached hydrogens (primary N) is 1. The number of rotatable bonds is 4. The van der Waals surface area contributed by atoms with Crippen LogP contribution in [0.25, 0.3) is 22.6 Å². The average molecular weight is 338 g/mol. The molecule has 1 aromatic carbocycles. The van der Waals surface area contributed by atoms with E-state index < -0.39 is 0 Å². The van der Waals surface area contributed by atoms with Crippen LogP contribution in [0.3, 0.4) is 0 Å². The van der Waals surface area contributed by atoms with Crippen molar-refractivity contribution in [2.45, 2.75) is 13.5 Å². The van der Waals surface area contributed by atoms with Gasteiger partial charge in [-0.1, -0.05) is 6.07 Å². The van der Waals surface area contributed by atoms with Gasteiger partial charge in [-0.15, -0.1) is 0 Å². The average Bonchev–Trinajstić information content (AvgIpc) is 3.17. The number of ether oxygens (including phenoxy) is 1. The summed E-state index contributed by atoms with van der Waals surface area (Å²) in [7, 11) is 0. The van der Waals surface area contributed by atoms with E-state index in [1.165, 1.54) is 6.07 Å². The van der Waals surface area contributed by atoms with Gasteiger partial charge in [-0.3, -0.25) is 0 Å². The van der Waals surface area contributed by atoms with Crippen LogP contribution in [0.2, 0.25) is 0 Å². The molecule has 0 bridgehead atoms. The van der Waals surface area contributed by atoms with Crippen LogP contribution in [0.1, 0.15) is 6.92 Å². The maximum Gasteiger partial charge on any atom is 0.221 e. The van der Waals surface area contributed by atoms with Crippen LogP contribution >= 0.6 is 0 Å². The number of aromatic nitrogens is 5. The Balaban J connectivity index is 1.79. The molecule has 4 rings (SSSR count). The summed E-state index contributed by atoms with van der Waals surface area (Å²) in [4.78, 5) is 8.77. The Bertz CT molecular complexity index is 1060. The third-order valence-electron chi connectivity index (χ3n) is 3.69. The van der Waals surface area contributed by atoms with Crippen LogP contribution in [0, 0.1) is 0 Å². The number of anilines is 1. The molecule has 0 aliphatic carbocycles. The van der Waals surface area contributed by atoms with Crippen molar-refractivity contribution in [3.63, 3.8) is 0 Å². The number of hydrogen-bond acceptors (Lipinski definition) is 8. The van der Waals surface area contributed by atoms with E-state index in [9.17, 15) is 5.11 Å². The van der Waals surface area contributed by atoms with E-state index in [2.05, 4.69) is 24.9 Å². The summed E-state index contributed by atoms with van der Waals surface area (Å²) in [6, 6.07) is 8.27. The van der Waals surface area contributed by atoms with E-state index in [0.717, 1.165) is 5.52 Å². The van der Waals surface area contributed by atoms with E-state index in [4.69, 9.17) is 10.5 Å². The van der Waals surface area contributed by atoms with Crippen LogP contribution in [0.5, 0.6) is 17.4 Å². The molecule has 0 aliphatic heterocycles. The molecule has 9 heteroatoms. The number of imidazole rings is 1. The van der Waals surface area contributed by atoms with Crippen molar-refractivity contribution in [2.24, 2.45) is 0 Å². The summed E-state index contributed by atoms with van der Waals surface area (Å²) in [6.07, 6.45) is 1.60. The molecule has 25 heavy (non-hydrogen) atoms. The molecule has 0 saturated carbocycles. The molecule has 126 valence electrons. The normalized spacial score (nSPS) is 11.1. The minimum atomic E-state index is 0.119. The second kappa shape index (κ2) is 5.78. The molecule has 4 aromatic rings. The number of pyridine rings is 1. The van der Waals surface area contributed by atoms with E-state index in [0.29, 0.717) is 35.2 Å². The number of fused-ring (bicyclic) bond motifs is 1. The van der Waals surface area contributed by atoms with Crippen molar-refractivity contribution in [1.82, 2.24) is 24.8 Å². The monoisotopic (exact) mass is 338 g/mol. The molecule has 0 unspecified atom stereocenters. The highest BCUT2D eigenvalue weighted by molar-refractivity contribution is 5.81. The Labute approximate surface area is 141 Å². The lowest BCUT2D eigenvalue weighted by Gasteiger charge is -2.06.